The maximum atomic E-state index is 10.5. The maximum Gasteiger partial charge on any atom is 0.247 e. The molecule has 0 bridgehead atoms. The van der Waals surface area contributed by atoms with Crippen molar-refractivity contribution < 1.29 is 9.90 Å². The first-order chi connectivity index (χ1) is 7.50. The molecule has 4 nitrogen and oxygen atoms in total. The van der Waals surface area contributed by atoms with Gasteiger partial charge in [-0.05, 0) is 23.8 Å². The van der Waals surface area contributed by atoms with E-state index in [2.05, 4.69) is 5.32 Å². The van der Waals surface area contributed by atoms with Crippen molar-refractivity contribution in [1.82, 2.24) is 5.32 Å². The van der Waals surface area contributed by atoms with Crippen LogP contribution < -0.4 is 11.1 Å². The molecule has 88 valence electrons. The van der Waals surface area contributed by atoms with Crippen LogP contribution in [-0.2, 0) is 11.3 Å². The molecule has 0 aliphatic rings. The first-order valence-corrected chi connectivity index (χ1v) is 5.38. The van der Waals surface area contributed by atoms with Gasteiger partial charge in [-0.2, -0.15) is 0 Å². The number of carbonyl (C=O) groups excluding carboxylic acids is 1. The van der Waals surface area contributed by atoms with Gasteiger partial charge in [0.15, 0.2) is 0 Å². The molecule has 1 aromatic rings. The van der Waals surface area contributed by atoms with E-state index in [4.69, 9.17) is 34.0 Å². The number of benzene rings is 1. The Balaban J connectivity index is 2.48. The molecule has 0 fully saturated rings. The molecule has 0 aliphatic heterocycles. The smallest absolute Gasteiger partial charge is 0.247 e. The van der Waals surface area contributed by atoms with Crippen LogP contribution in [0.5, 0.6) is 0 Å². The van der Waals surface area contributed by atoms with Gasteiger partial charge in [0, 0.05) is 23.1 Å². The van der Waals surface area contributed by atoms with Crippen LogP contribution in [0, 0.1) is 0 Å². The first-order valence-electron chi connectivity index (χ1n) is 4.62. The van der Waals surface area contributed by atoms with E-state index >= 15 is 0 Å². The minimum atomic E-state index is -1.20. The van der Waals surface area contributed by atoms with Crippen molar-refractivity contribution in [2.24, 2.45) is 5.73 Å². The average Bonchev–Trinajstić information content (AvgIpc) is 2.22. The quantitative estimate of drug-likeness (QED) is 0.739. The second kappa shape index (κ2) is 6.06. The lowest BCUT2D eigenvalue weighted by Gasteiger charge is -2.09. The van der Waals surface area contributed by atoms with Crippen molar-refractivity contribution in [3.8, 4) is 0 Å². The Morgan fingerprint density at radius 1 is 1.50 bits per heavy atom. The van der Waals surface area contributed by atoms with Crippen LogP contribution in [0.15, 0.2) is 18.2 Å². The lowest BCUT2D eigenvalue weighted by Crippen LogP contribution is -2.37. The zero-order chi connectivity index (χ0) is 12.1. The summed E-state index contributed by atoms with van der Waals surface area (Å²) in [7, 11) is 0. The van der Waals surface area contributed by atoms with Gasteiger partial charge in [-0.25, -0.2) is 0 Å². The topological polar surface area (TPSA) is 75.4 Å². The Labute approximate surface area is 103 Å². The maximum absolute atomic E-state index is 10.5. The van der Waals surface area contributed by atoms with E-state index in [1.165, 1.54) is 0 Å². The van der Waals surface area contributed by atoms with Crippen LogP contribution in [0.1, 0.15) is 5.56 Å². The molecule has 1 unspecified atom stereocenters. The van der Waals surface area contributed by atoms with E-state index in [1.807, 2.05) is 0 Å². The molecule has 0 heterocycles. The summed E-state index contributed by atoms with van der Waals surface area (Å²) >= 11 is 11.7. The van der Waals surface area contributed by atoms with Crippen molar-refractivity contribution in [3.63, 3.8) is 0 Å². The fourth-order valence-corrected chi connectivity index (χ4v) is 1.50. The van der Waals surface area contributed by atoms with Crippen LogP contribution >= 0.6 is 23.2 Å². The normalized spacial score (nSPS) is 12.4. The molecule has 0 spiro atoms. The lowest BCUT2D eigenvalue weighted by molar-refractivity contribution is -0.125. The van der Waals surface area contributed by atoms with E-state index in [0.29, 0.717) is 16.6 Å². The molecule has 1 atom stereocenters. The molecule has 0 aromatic heterocycles. The third kappa shape index (κ3) is 3.98. The van der Waals surface area contributed by atoms with Crippen molar-refractivity contribution in [2.45, 2.75) is 12.6 Å². The van der Waals surface area contributed by atoms with Gasteiger partial charge < -0.3 is 16.2 Å². The number of hydrogen-bond acceptors (Lipinski definition) is 3. The van der Waals surface area contributed by atoms with Crippen molar-refractivity contribution in [1.29, 1.82) is 0 Å². The standard InChI is InChI=1S/C10H12Cl2N2O2/c11-7-1-2-8(12)6(3-7)4-14-5-9(15)10(13)16/h1-3,9,14-15H,4-5H2,(H2,13,16). The predicted octanol–water partition coefficient (Wildman–Crippen LogP) is 0.929. The van der Waals surface area contributed by atoms with Gasteiger partial charge in [0.1, 0.15) is 6.10 Å². The third-order valence-electron chi connectivity index (χ3n) is 1.99. The van der Waals surface area contributed by atoms with E-state index in [9.17, 15) is 4.79 Å². The van der Waals surface area contributed by atoms with E-state index in [0.717, 1.165) is 5.56 Å². The average molecular weight is 263 g/mol. The van der Waals surface area contributed by atoms with Crippen LogP contribution in [0.4, 0.5) is 0 Å². The molecule has 0 radical (unpaired) electrons. The SMILES string of the molecule is NC(=O)C(O)CNCc1cc(Cl)ccc1Cl. The number of halogens is 2. The molecule has 0 saturated carbocycles. The molecule has 4 N–H and O–H groups in total. The summed E-state index contributed by atoms with van der Waals surface area (Å²) in [6, 6.07) is 5.09. The number of rotatable bonds is 5. The largest absolute Gasteiger partial charge is 0.382 e. The van der Waals surface area contributed by atoms with Gasteiger partial charge >= 0.3 is 0 Å². The molecular formula is C10H12Cl2N2O2. The molecule has 16 heavy (non-hydrogen) atoms. The zero-order valence-corrected chi connectivity index (χ0v) is 9.92. The molecule has 1 rings (SSSR count). The number of nitrogens with one attached hydrogen (secondary N) is 1. The second-order valence-corrected chi connectivity index (χ2v) is 4.13. The van der Waals surface area contributed by atoms with E-state index < -0.39 is 12.0 Å². The molecule has 0 saturated heterocycles. The summed E-state index contributed by atoms with van der Waals surface area (Å²) < 4.78 is 0. The Bertz CT molecular complexity index is 385. The molecule has 1 aromatic carbocycles. The number of carbonyl (C=O) groups is 1. The summed E-state index contributed by atoms with van der Waals surface area (Å²) in [5.74, 6) is -0.760. The second-order valence-electron chi connectivity index (χ2n) is 3.28. The van der Waals surface area contributed by atoms with Gasteiger partial charge in [-0.1, -0.05) is 23.2 Å². The number of primary amides is 1. The molecule has 1 amide bonds. The number of nitrogens with two attached hydrogens (primary N) is 1. The molecule has 0 aliphatic carbocycles. The zero-order valence-electron chi connectivity index (χ0n) is 8.41. The summed E-state index contributed by atoms with van der Waals surface area (Å²) in [4.78, 5) is 10.5. The summed E-state index contributed by atoms with van der Waals surface area (Å²) in [5, 5.41) is 13.1. The number of hydrogen-bond donors (Lipinski definition) is 3. The summed E-state index contributed by atoms with van der Waals surface area (Å²) in [6.07, 6.45) is -1.20. The fraction of sp³-hybridized carbons (Fsp3) is 0.300. The van der Waals surface area contributed by atoms with Crippen LogP contribution in [0.25, 0.3) is 0 Å². The minimum Gasteiger partial charge on any atom is -0.382 e. The highest BCUT2D eigenvalue weighted by Gasteiger charge is 2.10. The van der Waals surface area contributed by atoms with Crippen molar-refractivity contribution in [2.75, 3.05) is 6.54 Å². The minimum absolute atomic E-state index is 0.0815. The third-order valence-corrected chi connectivity index (χ3v) is 2.59. The molecule has 6 heteroatoms. The van der Waals surface area contributed by atoms with Gasteiger partial charge in [-0.15, -0.1) is 0 Å². The Hall–Kier alpha value is -0.810. The molecular weight excluding hydrogens is 251 g/mol. The highest BCUT2D eigenvalue weighted by atomic mass is 35.5. The Morgan fingerprint density at radius 3 is 2.81 bits per heavy atom. The lowest BCUT2D eigenvalue weighted by atomic mass is 10.2. The first kappa shape index (κ1) is 13.3. The van der Waals surface area contributed by atoms with Crippen LogP contribution in [-0.4, -0.2) is 23.7 Å². The summed E-state index contributed by atoms with van der Waals surface area (Å²) in [5.41, 5.74) is 5.69. The van der Waals surface area contributed by atoms with Crippen LogP contribution in [0.2, 0.25) is 10.0 Å². The van der Waals surface area contributed by atoms with Gasteiger partial charge in [0.2, 0.25) is 5.91 Å². The van der Waals surface area contributed by atoms with Gasteiger partial charge in [0.05, 0.1) is 0 Å². The monoisotopic (exact) mass is 262 g/mol. The van der Waals surface area contributed by atoms with Crippen molar-refractivity contribution >= 4 is 29.1 Å². The van der Waals surface area contributed by atoms with Crippen LogP contribution in [0.3, 0.4) is 0 Å². The van der Waals surface area contributed by atoms with E-state index in [1.54, 1.807) is 18.2 Å². The summed E-state index contributed by atoms with van der Waals surface area (Å²) in [6.45, 7) is 0.488. The van der Waals surface area contributed by atoms with E-state index in [-0.39, 0.29) is 6.54 Å². The highest BCUT2D eigenvalue weighted by molar-refractivity contribution is 6.33. The highest BCUT2D eigenvalue weighted by Crippen LogP contribution is 2.20. The Morgan fingerprint density at radius 2 is 2.19 bits per heavy atom. The van der Waals surface area contributed by atoms with Gasteiger partial charge in [-0.3, -0.25) is 4.79 Å². The van der Waals surface area contributed by atoms with Gasteiger partial charge in [0.25, 0.3) is 0 Å². The number of aliphatic hydroxyl groups is 1. The predicted molar refractivity (Wildman–Crippen MR) is 63.4 cm³/mol. The fourth-order valence-electron chi connectivity index (χ4n) is 1.12. The number of aliphatic hydroxyl groups excluding tert-OH is 1. The number of amides is 1. The van der Waals surface area contributed by atoms with Crippen molar-refractivity contribution in [3.05, 3.63) is 33.8 Å². The Kier molecular flexibility index (Phi) is 5.02.